The van der Waals surface area contributed by atoms with Gasteiger partial charge in [-0.2, -0.15) is 10.4 Å². The van der Waals surface area contributed by atoms with Crippen LogP contribution in [0.2, 0.25) is 5.02 Å². The molecule has 130 valence electrons. The van der Waals surface area contributed by atoms with Crippen molar-refractivity contribution >= 4 is 29.2 Å². The van der Waals surface area contributed by atoms with Crippen LogP contribution in [0.25, 0.3) is 5.69 Å². The summed E-state index contributed by atoms with van der Waals surface area (Å²) in [5.41, 5.74) is -1.80. The van der Waals surface area contributed by atoms with Crippen LogP contribution >= 0.6 is 11.6 Å². The third-order valence-electron chi connectivity index (χ3n) is 3.10. The molecule has 0 bridgehead atoms. The minimum Gasteiger partial charge on any atom is -0.274 e. The average molecular weight is 375 g/mol. The third-order valence-corrected chi connectivity index (χ3v) is 3.44. The first-order valence-corrected chi connectivity index (χ1v) is 6.82. The first kappa shape index (κ1) is 18.4. The SMILES string of the molecule is CC(=O)N(C(C)=O)c1c(C#N)cnn1-c1c(F)c(F)c(Cl)c(F)c1F. The van der Waals surface area contributed by atoms with Crippen LogP contribution in [0.4, 0.5) is 23.4 Å². The van der Waals surface area contributed by atoms with E-state index < -0.39 is 57.2 Å². The molecule has 1 aromatic heterocycles. The third kappa shape index (κ3) is 2.83. The lowest BCUT2D eigenvalue weighted by Crippen LogP contribution is -2.35. The molecule has 2 amide bonds. The van der Waals surface area contributed by atoms with Gasteiger partial charge in [-0.25, -0.2) is 27.1 Å². The largest absolute Gasteiger partial charge is 0.274 e. The van der Waals surface area contributed by atoms with Crippen LogP contribution in [0, 0.1) is 34.6 Å². The molecule has 6 nitrogen and oxygen atoms in total. The van der Waals surface area contributed by atoms with Gasteiger partial charge < -0.3 is 0 Å². The van der Waals surface area contributed by atoms with Crippen molar-refractivity contribution in [3.05, 3.63) is 40.1 Å². The first-order valence-electron chi connectivity index (χ1n) is 6.44. The van der Waals surface area contributed by atoms with Crippen molar-refractivity contribution < 1.29 is 27.2 Å². The van der Waals surface area contributed by atoms with Crippen molar-refractivity contribution in [1.29, 1.82) is 5.26 Å². The highest BCUT2D eigenvalue weighted by Gasteiger charge is 2.32. The summed E-state index contributed by atoms with van der Waals surface area (Å²) in [6.07, 6.45) is 0.775. The zero-order valence-corrected chi connectivity index (χ0v) is 13.3. The van der Waals surface area contributed by atoms with E-state index in [2.05, 4.69) is 5.10 Å². The highest BCUT2D eigenvalue weighted by atomic mass is 35.5. The standard InChI is InChI=1S/C14H7ClF4N4O2/c1-5(24)22(6(2)25)14-7(3-20)4-21-23(14)13-11(18)9(16)8(15)10(17)12(13)19/h4H,1-2H3. The summed E-state index contributed by atoms with van der Waals surface area (Å²) in [5.74, 6) is -10.1. The smallest absolute Gasteiger partial charge is 0.231 e. The molecule has 2 rings (SSSR count). The van der Waals surface area contributed by atoms with Crippen molar-refractivity contribution in [2.24, 2.45) is 0 Å². The van der Waals surface area contributed by atoms with Gasteiger partial charge in [-0.3, -0.25) is 9.59 Å². The molecule has 25 heavy (non-hydrogen) atoms. The molecule has 0 spiro atoms. The Labute approximate surface area is 142 Å². The fourth-order valence-electron chi connectivity index (χ4n) is 2.10. The molecule has 1 heterocycles. The van der Waals surface area contributed by atoms with Crippen LogP contribution in [0.5, 0.6) is 0 Å². The Bertz CT molecular complexity index is 908. The van der Waals surface area contributed by atoms with Gasteiger partial charge in [0.05, 0.1) is 6.20 Å². The van der Waals surface area contributed by atoms with E-state index in [-0.39, 0.29) is 4.68 Å². The lowest BCUT2D eigenvalue weighted by molar-refractivity contribution is -0.124. The Kier molecular flexibility index (Phi) is 4.80. The molecule has 0 unspecified atom stereocenters. The number of amides is 2. The lowest BCUT2D eigenvalue weighted by atomic mass is 10.2. The molecule has 0 N–H and O–H groups in total. The zero-order valence-electron chi connectivity index (χ0n) is 12.6. The monoisotopic (exact) mass is 374 g/mol. The number of nitriles is 1. The number of halogens is 5. The van der Waals surface area contributed by atoms with Gasteiger partial charge in [0.1, 0.15) is 22.3 Å². The maximum absolute atomic E-state index is 14.1. The normalized spacial score (nSPS) is 10.5. The van der Waals surface area contributed by atoms with Crippen molar-refractivity contribution in [3.8, 4) is 11.8 Å². The predicted octanol–water partition coefficient (Wildman–Crippen LogP) is 2.85. The summed E-state index contributed by atoms with van der Waals surface area (Å²) in [4.78, 5) is 23.8. The second-order valence-corrected chi connectivity index (χ2v) is 5.08. The van der Waals surface area contributed by atoms with Crippen molar-refractivity contribution in [1.82, 2.24) is 9.78 Å². The van der Waals surface area contributed by atoms with Crippen molar-refractivity contribution in [2.45, 2.75) is 13.8 Å². The van der Waals surface area contributed by atoms with E-state index >= 15 is 0 Å². The highest BCUT2D eigenvalue weighted by molar-refractivity contribution is 6.31. The lowest BCUT2D eigenvalue weighted by Gasteiger charge is -2.19. The predicted molar refractivity (Wildman–Crippen MR) is 77.0 cm³/mol. The number of benzene rings is 1. The molecule has 0 radical (unpaired) electrons. The molecule has 0 saturated carbocycles. The summed E-state index contributed by atoms with van der Waals surface area (Å²) < 4.78 is 55.9. The molecule has 2 aromatic rings. The summed E-state index contributed by atoms with van der Waals surface area (Å²) in [5, 5.41) is 11.1. The summed E-state index contributed by atoms with van der Waals surface area (Å²) in [6.45, 7) is 1.88. The van der Waals surface area contributed by atoms with E-state index in [0.717, 1.165) is 20.0 Å². The van der Waals surface area contributed by atoms with Gasteiger partial charge in [0, 0.05) is 13.8 Å². The molecule has 0 saturated heterocycles. The van der Waals surface area contributed by atoms with Crippen LogP contribution in [-0.2, 0) is 9.59 Å². The number of hydrogen-bond acceptors (Lipinski definition) is 4. The van der Waals surface area contributed by atoms with Crippen LogP contribution in [0.3, 0.4) is 0 Å². The number of imide groups is 1. The average Bonchev–Trinajstić information content (AvgIpc) is 2.94. The van der Waals surface area contributed by atoms with Crippen LogP contribution in [0.1, 0.15) is 19.4 Å². The van der Waals surface area contributed by atoms with Gasteiger partial charge in [0.2, 0.25) is 11.8 Å². The Morgan fingerprint density at radius 3 is 2.00 bits per heavy atom. The number of carbonyl (C=O) groups excluding carboxylic acids is 2. The fraction of sp³-hybridized carbons (Fsp3) is 0.143. The van der Waals surface area contributed by atoms with Crippen LogP contribution in [0.15, 0.2) is 6.20 Å². The van der Waals surface area contributed by atoms with E-state index in [9.17, 15) is 27.2 Å². The first-order chi connectivity index (χ1) is 11.6. The molecule has 0 aliphatic heterocycles. The van der Waals surface area contributed by atoms with E-state index in [1.807, 2.05) is 0 Å². The summed E-state index contributed by atoms with van der Waals surface area (Å²) in [6, 6.07) is 1.57. The number of aromatic nitrogens is 2. The fourth-order valence-corrected chi connectivity index (χ4v) is 2.26. The van der Waals surface area contributed by atoms with Crippen molar-refractivity contribution in [2.75, 3.05) is 4.90 Å². The maximum atomic E-state index is 14.1. The minimum absolute atomic E-state index is 0.245. The van der Waals surface area contributed by atoms with Gasteiger partial charge in [-0.05, 0) is 0 Å². The summed E-state index contributed by atoms with van der Waals surface area (Å²) >= 11 is 5.15. The molecular weight excluding hydrogens is 368 g/mol. The van der Waals surface area contributed by atoms with Gasteiger partial charge >= 0.3 is 0 Å². The van der Waals surface area contributed by atoms with Crippen LogP contribution < -0.4 is 4.90 Å². The molecule has 11 heteroatoms. The highest BCUT2D eigenvalue weighted by Crippen LogP contribution is 2.33. The number of carbonyl (C=O) groups is 2. The van der Waals surface area contributed by atoms with Crippen molar-refractivity contribution in [3.63, 3.8) is 0 Å². The molecule has 0 atom stereocenters. The second-order valence-electron chi connectivity index (χ2n) is 4.70. The Morgan fingerprint density at radius 1 is 1.12 bits per heavy atom. The number of rotatable bonds is 2. The van der Waals surface area contributed by atoms with Gasteiger partial charge in [0.25, 0.3) is 0 Å². The molecule has 1 aromatic carbocycles. The van der Waals surface area contributed by atoms with Gasteiger partial charge in [0.15, 0.2) is 29.1 Å². The Balaban J connectivity index is 2.93. The van der Waals surface area contributed by atoms with Gasteiger partial charge in [-0.15, -0.1) is 0 Å². The Hall–Kier alpha value is -2.93. The number of hydrogen-bond donors (Lipinski definition) is 0. The Morgan fingerprint density at radius 2 is 1.60 bits per heavy atom. The van der Waals surface area contributed by atoms with Gasteiger partial charge in [-0.1, -0.05) is 11.6 Å². The number of anilines is 1. The van der Waals surface area contributed by atoms with E-state index in [1.54, 1.807) is 6.07 Å². The topological polar surface area (TPSA) is 79.0 Å². The van der Waals surface area contributed by atoms with E-state index in [4.69, 9.17) is 16.9 Å². The maximum Gasteiger partial charge on any atom is 0.231 e. The number of nitrogens with zero attached hydrogens (tertiary/aromatic N) is 4. The van der Waals surface area contributed by atoms with E-state index in [1.165, 1.54) is 0 Å². The molecule has 0 aliphatic rings. The molecule has 0 aliphatic carbocycles. The van der Waals surface area contributed by atoms with E-state index in [0.29, 0.717) is 4.90 Å². The quantitative estimate of drug-likeness (QED) is 0.460. The zero-order chi connectivity index (χ0) is 19.0. The molecule has 0 fully saturated rings. The molecular formula is C14H7ClF4N4O2. The summed E-state index contributed by atoms with van der Waals surface area (Å²) in [7, 11) is 0. The second kappa shape index (κ2) is 6.52. The minimum atomic E-state index is -1.91. The van der Waals surface area contributed by atoms with Crippen LogP contribution in [-0.4, -0.2) is 21.6 Å².